The van der Waals surface area contributed by atoms with Gasteiger partial charge in [-0.1, -0.05) is 31.5 Å². The number of H-pyrrole nitrogens is 1. The number of hydrogen-bond donors (Lipinski definition) is 2. The molecule has 5 nitrogen and oxygen atoms in total. The van der Waals surface area contributed by atoms with Crippen LogP contribution in [0.5, 0.6) is 5.75 Å². The van der Waals surface area contributed by atoms with Gasteiger partial charge in [0.1, 0.15) is 11.3 Å². The first-order valence-electron chi connectivity index (χ1n) is 9.23. The molecule has 0 spiro atoms. The van der Waals surface area contributed by atoms with E-state index in [1.807, 2.05) is 24.3 Å². The number of carboxylic acids is 1. The van der Waals surface area contributed by atoms with Crippen molar-refractivity contribution >= 4 is 16.9 Å². The van der Waals surface area contributed by atoms with Crippen molar-refractivity contribution in [3.05, 3.63) is 65.7 Å². The normalized spacial score (nSPS) is 11.1. The number of rotatable bonds is 6. The molecule has 0 aliphatic heterocycles. The molecule has 2 aromatic carbocycles. The standard InChI is InChI=1S/C23H21NO4/c1-3-4-15-9-12-20(27-2)17-13-21(28-22(15)17)19-11-10-18(24-19)14-5-7-16(8-6-14)23(25)26/h5-13,24H,3-4H2,1-2H3,(H,25,26). The number of furan rings is 1. The monoisotopic (exact) mass is 375 g/mol. The highest BCUT2D eigenvalue weighted by atomic mass is 16.5. The van der Waals surface area contributed by atoms with Crippen LogP contribution in [0.15, 0.2) is 59.0 Å². The molecule has 0 aliphatic carbocycles. The molecule has 0 saturated heterocycles. The Balaban J connectivity index is 1.73. The van der Waals surface area contributed by atoms with Crippen molar-refractivity contribution < 1.29 is 19.1 Å². The molecule has 4 rings (SSSR count). The van der Waals surface area contributed by atoms with Gasteiger partial charge in [-0.15, -0.1) is 0 Å². The van der Waals surface area contributed by atoms with Gasteiger partial charge in [0, 0.05) is 5.69 Å². The fourth-order valence-corrected chi connectivity index (χ4v) is 3.43. The summed E-state index contributed by atoms with van der Waals surface area (Å²) >= 11 is 0. The maximum absolute atomic E-state index is 11.0. The fourth-order valence-electron chi connectivity index (χ4n) is 3.43. The van der Waals surface area contributed by atoms with Crippen molar-refractivity contribution in [3.63, 3.8) is 0 Å². The van der Waals surface area contributed by atoms with Crippen LogP contribution in [0.25, 0.3) is 33.7 Å². The molecule has 0 amide bonds. The number of aryl methyl sites for hydroxylation is 1. The second-order valence-electron chi connectivity index (χ2n) is 6.70. The van der Waals surface area contributed by atoms with E-state index >= 15 is 0 Å². The lowest BCUT2D eigenvalue weighted by Crippen LogP contribution is -1.94. The molecule has 0 aliphatic rings. The minimum Gasteiger partial charge on any atom is -0.496 e. The highest BCUT2D eigenvalue weighted by molar-refractivity contribution is 5.91. The Morgan fingerprint density at radius 1 is 1.07 bits per heavy atom. The zero-order valence-electron chi connectivity index (χ0n) is 15.8. The van der Waals surface area contributed by atoms with Crippen molar-refractivity contribution in [2.24, 2.45) is 0 Å². The second kappa shape index (κ2) is 7.27. The Bertz CT molecular complexity index is 1140. The first-order valence-corrected chi connectivity index (χ1v) is 9.23. The van der Waals surface area contributed by atoms with Crippen molar-refractivity contribution in [3.8, 4) is 28.5 Å². The minimum atomic E-state index is -0.933. The number of carbonyl (C=O) groups is 1. The second-order valence-corrected chi connectivity index (χ2v) is 6.70. The van der Waals surface area contributed by atoms with Crippen LogP contribution < -0.4 is 4.74 Å². The van der Waals surface area contributed by atoms with Gasteiger partial charge in [-0.25, -0.2) is 4.79 Å². The molecule has 0 atom stereocenters. The number of aromatic nitrogens is 1. The van der Waals surface area contributed by atoms with Crippen molar-refractivity contribution in [2.75, 3.05) is 7.11 Å². The van der Waals surface area contributed by atoms with E-state index < -0.39 is 5.97 Å². The summed E-state index contributed by atoms with van der Waals surface area (Å²) < 4.78 is 11.7. The molecule has 0 unspecified atom stereocenters. The highest BCUT2D eigenvalue weighted by Gasteiger charge is 2.15. The van der Waals surface area contributed by atoms with Gasteiger partial charge in [-0.3, -0.25) is 0 Å². The molecule has 2 aromatic heterocycles. The molecule has 5 heteroatoms. The number of aromatic carboxylic acids is 1. The summed E-state index contributed by atoms with van der Waals surface area (Å²) in [5.41, 5.74) is 4.96. The third-order valence-corrected chi connectivity index (χ3v) is 4.86. The van der Waals surface area contributed by atoms with E-state index in [9.17, 15) is 4.79 Å². The van der Waals surface area contributed by atoms with E-state index in [1.165, 1.54) is 5.56 Å². The van der Waals surface area contributed by atoms with Crippen molar-refractivity contribution in [1.82, 2.24) is 4.98 Å². The van der Waals surface area contributed by atoms with Gasteiger partial charge in [-0.05, 0) is 53.9 Å². The Labute approximate surface area is 162 Å². The summed E-state index contributed by atoms with van der Waals surface area (Å²) in [5.74, 6) is 0.601. The van der Waals surface area contributed by atoms with Gasteiger partial charge in [0.05, 0.1) is 23.8 Å². The third kappa shape index (κ3) is 3.16. The van der Waals surface area contributed by atoms with Crippen LogP contribution >= 0.6 is 0 Å². The first-order chi connectivity index (χ1) is 13.6. The number of ether oxygens (including phenoxy) is 1. The Hall–Kier alpha value is -3.47. The molecule has 0 fully saturated rings. The van der Waals surface area contributed by atoms with Crippen LogP contribution in [0.3, 0.4) is 0 Å². The summed E-state index contributed by atoms with van der Waals surface area (Å²) in [6, 6.07) is 16.7. The number of carboxylic acid groups (broad SMARTS) is 1. The number of nitrogens with one attached hydrogen (secondary N) is 1. The number of benzene rings is 2. The van der Waals surface area contributed by atoms with Crippen LogP contribution in [0.4, 0.5) is 0 Å². The zero-order valence-corrected chi connectivity index (χ0v) is 15.8. The molecule has 4 aromatic rings. The van der Waals surface area contributed by atoms with Crippen LogP contribution in [0.1, 0.15) is 29.3 Å². The molecule has 0 radical (unpaired) electrons. The van der Waals surface area contributed by atoms with E-state index in [1.54, 1.807) is 31.4 Å². The van der Waals surface area contributed by atoms with Crippen molar-refractivity contribution in [2.45, 2.75) is 19.8 Å². The maximum atomic E-state index is 11.0. The quantitative estimate of drug-likeness (QED) is 0.450. The van der Waals surface area contributed by atoms with Crippen molar-refractivity contribution in [1.29, 1.82) is 0 Å². The van der Waals surface area contributed by atoms with E-state index in [-0.39, 0.29) is 5.56 Å². The molecule has 2 heterocycles. The lowest BCUT2D eigenvalue weighted by Gasteiger charge is -2.04. The zero-order chi connectivity index (χ0) is 19.7. The lowest BCUT2D eigenvalue weighted by molar-refractivity contribution is 0.0697. The largest absolute Gasteiger partial charge is 0.496 e. The van der Waals surface area contributed by atoms with E-state index in [0.29, 0.717) is 0 Å². The van der Waals surface area contributed by atoms with Crippen LogP contribution in [0, 0.1) is 0 Å². The molecule has 0 bridgehead atoms. The topological polar surface area (TPSA) is 75.5 Å². The number of fused-ring (bicyclic) bond motifs is 1. The number of aromatic amines is 1. The Morgan fingerprint density at radius 3 is 2.50 bits per heavy atom. The van der Waals surface area contributed by atoms with E-state index in [4.69, 9.17) is 14.3 Å². The van der Waals surface area contributed by atoms with Crippen LogP contribution in [-0.2, 0) is 6.42 Å². The van der Waals surface area contributed by atoms with Gasteiger partial charge >= 0.3 is 5.97 Å². The third-order valence-electron chi connectivity index (χ3n) is 4.86. The summed E-state index contributed by atoms with van der Waals surface area (Å²) in [7, 11) is 1.66. The molecule has 28 heavy (non-hydrogen) atoms. The highest BCUT2D eigenvalue weighted by Crippen LogP contribution is 2.36. The molecule has 2 N–H and O–H groups in total. The van der Waals surface area contributed by atoms with E-state index in [2.05, 4.69) is 18.0 Å². The fraction of sp³-hybridized carbons (Fsp3) is 0.174. The average molecular weight is 375 g/mol. The van der Waals surface area contributed by atoms with Gasteiger partial charge in [-0.2, -0.15) is 0 Å². The number of methoxy groups -OCH3 is 1. The number of hydrogen-bond acceptors (Lipinski definition) is 3. The van der Waals surface area contributed by atoms with Gasteiger partial charge in [0.25, 0.3) is 0 Å². The lowest BCUT2D eigenvalue weighted by atomic mass is 10.1. The van der Waals surface area contributed by atoms with Crippen LogP contribution in [0.2, 0.25) is 0 Å². The minimum absolute atomic E-state index is 0.267. The predicted molar refractivity (Wildman–Crippen MR) is 109 cm³/mol. The maximum Gasteiger partial charge on any atom is 0.335 e. The van der Waals surface area contributed by atoms with Crippen LogP contribution in [-0.4, -0.2) is 23.2 Å². The first kappa shape index (κ1) is 17.9. The van der Waals surface area contributed by atoms with Gasteiger partial charge < -0.3 is 19.2 Å². The molecular weight excluding hydrogens is 354 g/mol. The van der Waals surface area contributed by atoms with E-state index in [0.717, 1.165) is 52.3 Å². The summed E-state index contributed by atoms with van der Waals surface area (Å²) in [4.78, 5) is 14.4. The molecule has 142 valence electrons. The van der Waals surface area contributed by atoms with Gasteiger partial charge in [0.15, 0.2) is 5.76 Å². The van der Waals surface area contributed by atoms with Gasteiger partial charge in [0.2, 0.25) is 0 Å². The average Bonchev–Trinajstić information content (AvgIpc) is 3.36. The summed E-state index contributed by atoms with van der Waals surface area (Å²) in [6.07, 6.45) is 1.98. The molecule has 0 saturated carbocycles. The summed E-state index contributed by atoms with van der Waals surface area (Å²) in [6.45, 7) is 2.15. The SMILES string of the molecule is CCCc1ccc(OC)c2cc(-c3ccc(-c4ccc(C(=O)O)cc4)[nH]3)oc12. The smallest absolute Gasteiger partial charge is 0.335 e. The predicted octanol–water partition coefficient (Wildman–Crippen LogP) is 5.75. The Morgan fingerprint density at radius 2 is 1.82 bits per heavy atom. The molecular formula is C23H21NO4. The summed E-state index contributed by atoms with van der Waals surface area (Å²) in [5, 5.41) is 10.0. The Kier molecular flexibility index (Phi) is 4.65.